The zero-order valence-electron chi connectivity index (χ0n) is 6.52. The molecule has 0 spiro atoms. The number of esters is 1. The van der Waals surface area contributed by atoms with Gasteiger partial charge in [-0.15, -0.1) is 0 Å². The van der Waals surface area contributed by atoms with Gasteiger partial charge >= 0.3 is 5.97 Å². The van der Waals surface area contributed by atoms with Crippen molar-refractivity contribution in [3.63, 3.8) is 0 Å². The Labute approximate surface area is 59.0 Å². The number of rotatable bonds is 1. The van der Waals surface area contributed by atoms with Gasteiger partial charge in [-0.25, -0.2) is 0 Å². The van der Waals surface area contributed by atoms with Crippen molar-refractivity contribution in [3.8, 4) is 0 Å². The largest absolute Gasteiger partial charge is 0.460 e. The monoisotopic (exact) mass is 146 g/mol. The van der Waals surface area contributed by atoms with E-state index in [1.807, 2.05) is 20.8 Å². The molecule has 0 amide bonds. The van der Waals surface area contributed by atoms with Gasteiger partial charge in [-0.1, -0.05) is 0 Å². The van der Waals surface area contributed by atoms with E-state index in [2.05, 4.69) is 0 Å². The molecular formula is C6H14O2Si. The van der Waals surface area contributed by atoms with Crippen molar-refractivity contribution in [2.24, 2.45) is 0 Å². The Morgan fingerprint density at radius 3 is 2.11 bits per heavy atom. The zero-order valence-corrected chi connectivity index (χ0v) is 8.52. The van der Waals surface area contributed by atoms with Gasteiger partial charge in [-0.05, 0) is 20.8 Å². The van der Waals surface area contributed by atoms with Crippen LogP contribution in [0, 0.1) is 0 Å². The summed E-state index contributed by atoms with van der Waals surface area (Å²) in [5.74, 6) is -0.0748. The second kappa shape index (κ2) is 3.01. The van der Waals surface area contributed by atoms with Crippen LogP contribution >= 0.6 is 0 Å². The summed E-state index contributed by atoms with van der Waals surface area (Å²) in [6.45, 7) is 5.63. The van der Waals surface area contributed by atoms with Gasteiger partial charge in [0.1, 0.15) is 5.60 Å². The Morgan fingerprint density at radius 1 is 1.56 bits per heavy atom. The lowest BCUT2D eigenvalue weighted by Gasteiger charge is -2.18. The van der Waals surface area contributed by atoms with Crippen molar-refractivity contribution in [1.82, 2.24) is 0 Å². The van der Waals surface area contributed by atoms with Gasteiger partial charge in [-0.3, -0.25) is 4.79 Å². The molecule has 0 radical (unpaired) electrons. The molecule has 0 saturated carbocycles. The standard InChI is InChI=1S/C6H14O2Si/c1-6(2,3)8-5(7)4-9/h4H2,1-3,9H3. The van der Waals surface area contributed by atoms with Gasteiger partial charge in [0.2, 0.25) is 0 Å². The average molecular weight is 146 g/mol. The van der Waals surface area contributed by atoms with Crippen LogP contribution in [-0.2, 0) is 9.53 Å². The van der Waals surface area contributed by atoms with Crippen LogP contribution in [0.25, 0.3) is 0 Å². The average Bonchev–Trinajstić information content (AvgIpc) is 1.62. The first-order chi connectivity index (χ1) is 3.95. The molecule has 0 fully saturated rings. The highest BCUT2D eigenvalue weighted by molar-refractivity contribution is 6.18. The minimum atomic E-state index is -0.304. The molecule has 0 aliphatic heterocycles. The first-order valence-electron chi connectivity index (χ1n) is 3.17. The topological polar surface area (TPSA) is 26.3 Å². The zero-order chi connectivity index (χ0) is 7.49. The third-order valence-corrected chi connectivity index (χ3v) is 1.29. The molecule has 0 atom stereocenters. The fourth-order valence-electron chi connectivity index (χ4n) is 0.414. The summed E-state index contributed by atoms with van der Waals surface area (Å²) in [6, 6.07) is 0.595. The van der Waals surface area contributed by atoms with Gasteiger partial charge in [0.25, 0.3) is 0 Å². The maximum absolute atomic E-state index is 10.6. The lowest BCUT2D eigenvalue weighted by molar-refractivity contribution is -0.151. The molecule has 0 aliphatic carbocycles. The molecule has 9 heavy (non-hydrogen) atoms. The van der Waals surface area contributed by atoms with Crippen molar-refractivity contribution in [2.75, 3.05) is 0 Å². The molecule has 2 nitrogen and oxygen atoms in total. The van der Waals surface area contributed by atoms with Gasteiger partial charge in [0.05, 0.1) is 0 Å². The lowest BCUT2D eigenvalue weighted by Crippen LogP contribution is -2.23. The van der Waals surface area contributed by atoms with Crippen LogP contribution in [0.15, 0.2) is 0 Å². The van der Waals surface area contributed by atoms with Crippen LogP contribution in [0.5, 0.6) is 0 Å². The molecule has 0 saturated heterocycles. The van der Waals surface area contributed by atoms with E-state index in [0.717, 1.165) is 10.2 Å². The van der Waals surface area contributed by atoms with Crippen molar-refractivity contribution in [3.05, 3.63) is 0 Å². The molecule has 0 aliphatic rings. The maximum atomic E-state index is 10.6. The first-order valence-corrected chi connectivity index (χ1v) is 4.59. The molecular weight excluding hydrogens is 132 g/mol. The summed E-state index contributed by atoms with van der Waals surface area (Å²) in [6.07, 6.45) is 0. The van der Waals surface area contributed by atoms with Crippen LogP contribution in [-0.4, -0.2) is 21.8 Å². The lowest BCUT2D eigenvalue weighted by atomic mass is 10.2. The quantitative estimate of drug-likeness (QED) is 0.388. The smallest absolute Gasteiger partial charge is 0.302 e. The molecule has 0 unspecified atom stereocenters. The molecule has 0 rings (SSSR count). The van der Waals surface area contributed by atoms with Crippen molar-refractivity contribution >= 4 is 16.2 Å². The second-order valence-electron chi connectivity index (χ2n) is 2.94. The molecule has 54 valence electrons. The minimum Gasteiger partial charge on any atom is -0.460 e. The summed E-state index contributed by atoms with van der Waals surface area (Å²) in [4.78, 5) is 10.6. The van der Waals surface area contributed by atoms with Gasteiger partial charge in [0, 0.05) is 16.3 Å². The predicted octanol–water partition coefficient (Wildman–Crippen LogP) is 0.112. The Balaban J connectivity index is 3.60. The minimum absolute atomic E-state index is 0.0748. The van der Waals surface area contributed by atoms with Gasteiger partial charge in [-0.2, -0.15) is 0 Å². The fraction of sp³-hybridized carbons (Fsp3) is 0.833. The third-order valence-electron chi connectivity index (χ3n) is 0.709. The fourth-order valence-corrected chi connectivity index (χ4v) is 0.558. The van der Waals surface area contributed by atoms with Crippen molar-refractivity contribution < 1.29 is 9.53 Å². The van der Waals surface area contributed by atoms with E-state index in [0.29, 0.717) is 6.04 Å². The van der Waals surface area contributed by atoms with Crippen LogP contribution in [0.2, 0.25) is 6.04 Å². The Bertz CT molecular complexity index is 104. The number of carbonyl (C=O) groups excluding carboxylic acids is 1. The molecule has 0 heterocycles. The predicted molar refractivity (Wildman–Crippen MR) is 40.6 cm³/mol. The molecule has 0 aromatic rings. The number of hydrogen-bond donors (Lipinski definition) is 0. The van der Waals surface area contributed by atoms with Crippen LogP contribution < -0.4 is 0 Å². The van der Waals surface area contributed by atoms with Gasteiger partial charge in [0.15, 0.2) is 0 Å². The summed E-state index contributed by atoms with van der Waals surface area (Å²) in [5.41, 5.74) is -0.304. The summed E-state index contributed by atoms with van der Waals surface area (Å²) in [5, 5.41) is 0. The number of ether oxygens (including phenoxy) is 1. The third kappa shape index (κ3) is 5.56. The first kappa shape index (κ1) is 8.69. The van der Waals surface area contributed by atoms with E-state index >= 15 is 0 Å². The van der Waals surface area contributed by atoms with E-state index in [1.54, 1.807) is 0 Å². The maximum Gasteiger partial charge on any atom is 0.302 e. The highest BCUT2D eigenvalue weighted by atomic mass is 28.1. The molecule has 0 bridgehead atoms. The van der Waals surface area contributed by atoms with E-state index in [4.69, 9.17) is 4.74 Å². The summed E-state index contributed by atoms with van der Waals surface area (Å²) < 4.78 is 4.98. The molecule has 0 N–H and O–H groups in total. The summed E-state index contributed by atoms with van der Waals surface area (Å²) in [7, 11) is 0.892. The van der Waals surface area contributed by atoms with Gasteiger partial charge < -0.3 is 4.74 Å². The van der Waals surface area contributed by atoms with Crippen LogP contribution in [0.3, 0.4) is 0 Å². The Hall–Kier alpha value is -0.313. The highest BCUT2D eigenvalue weighted by Crippen LogP contribution is 2.07. The Kier molecular flexibility index (Phi) is 2.90. The van der Waals surface area contributed by atoms with E-state index < -0.39 is 0 Å². The highest BCUT2D eigenvalue weighted by Gasteiger charge is 2.13. The molecule has 0 aromatic carbocycles. The van der Waals surface area contributed by atoms with E-state index in [9.17, 15) is 4.79 Å². The van der Waals surface area contributed by atoms with Crippen molar-refractivity contribution in [2.45, 2.75) is 32.4 Å². The van der Waals surface area contributed by atoms with E-state index in [-0.39, 0.29) is 11.6 Å². The van der Waals surface area contributed by atoms with Crippen LogP contribution in [0.4, 0.5) is 0 Å². The second-order valence-corrected chi connectivity index (χ2v) is 3.65. The van der Waals surface area contributed by atoms with Crippen molar-refractivity contribution in [1.29, 1.82) is 0 Å². The molecule has 3 heteroatoms. The summed E-state index contributed by atoms with van der Waals surface area (Å²) >= 11 is 0. The number of carbonyl (C=O) groups is 1. The molecule has 0 aromatic heterocycles. The van der Waals surface area contributed by atoms with Crippen LogP contribution in [0.1, 0.15) is 20.8 Å². The van der Waals surface area contributed by atoms with E-state index in [1.165, 1.54) is 0 Å². The Morgan fingerprint density at radius 2 is 2.00 bits per heavy atom. The normalized spacial score (nSPS) is 11.4. The number of hydrogen-bond acceptors (Lipinski definition) is 2. The SMILES string of the molecule is CC(C)(C)OC(=O)C[SiH3].